The van der Waals surface area contributed by atoms with E-state index in [1.807, 2.05) is 60.7 Å². The van der Waals surface area contributed by atoms with E-state index in [1.165, 1.54) is 0 Å². The summed E-state index contributed by atoms with van der Waals surface area (Å²) < 4.78 is 5.56. The van der Waals surface area contributed by atoms with Gasteiger partial charge in [-0.25, -0.2) is 4.98 Å². The number of benzene rings is 2. The molecule has 0 aliphatic carbocycles. The Balaban J connectivity index is 1.11. The second kappa shape index (κ2) is 9.55. The Morgan fingerprint density at radius 2 is 1.79 bits per heavy atom. The largest absolute Gasteiger partial charge is 0.398 e. The first-order chi connectivity index (χ1) is 16.2. The maximum absolute atomic E-state index is 12.8. The lowest BCUT2D eigenvalue weighted by molar-refractivity contribution is 0.0955. The number of nitrogens with zero attached hydrogens (tertiary/aromatic N) is 3. The van der Waals surface area contributed by atoms with Crippen molar-refractivity contribution >= 4 is 22.4 Å². The molecule has 0 amide bonds. The molecule has 2 aromatic carbocycles. The maximum atomic E-state index is 12.8. The van der Waals surface area contributed by atoms with Crippen LogP contribution < -0.4 is 5.73 Å². The third-order valence-corrected chi connectivity index (χ3v) is 6.53. The fraction of sp³-hybridized carbons (Fsp3) is 0.296. The van der Waals surface area contributed by atoms with Gasteiger partial charge in [-0.15, -0.1) is 0 Å². The fourth-order valence-corrected chi connectivity index (χ4v) is 4.59. The molecule has 2 N–H and O–H groups in total. The highest BCUT2D eigenvalue weighted by Crippen LogP contribution is 2.26. The van der Waals surface area contributed by atoms with Gasteiger partial charge in [0.05, 0.1) is 12.1 Å². The van der Waals surface area contributed by atoms with Crippen LogP contribution in [0.4, 0.5) is 5.69 Å². The van der Waals surface area contributed by atoms with Crippen LogP contribution in [0.15, 0.2) is 71.3 Å². The van der Waals surface area contributed by atoms with Gasteiger partial charge in [0.25, 0.3) is 0 Å². The minimum Gasteiger partial charge on any atom is -0.398 e. The van der Waals surface area contributed by atoms with Crippen LogP contribution in [-0.2, 0) is 6.54 Å². The summed E-state index contributed by atoms with van der Waals surface area (Å²) in [6.07, 6.45) is 3.57. The number of likely N-dealkylation sites (tertiary alicyclic amines) is 1. The highest BCUT2D eigenvalue weighted by atomic mass is 16.5. The quantitative estimate of drug-likeness (QED) is 0.390. The smallest absolute Gasteiger partial charge is 0.181 e. The lowest BCUT2D eigenvalue weighted by atomic mass is 9.91. The second-order valence-corrected chi connectivity index (χ2v) is 8.84. The molecule has 0 radical (unpaired) electrons. The zero-order chi connectivity index (χ0) is 22.6. The molecule has 1 aliphatic heterocycles. The van der Waals surface area contributed by atoms with Gasteiger partial charge >= 0.3 is 0 Å². The number of ketones is 1. The van der Waals surface area contributed by atoms with Crippen LogP contribution in [0.5, 0.6) is 0 Å². The number of pyridine rings is 1. The van der Waals surface area contributed by atoms with Gasteiger partial charge in [-0.05, 0) is 50.4 Å². The zero-order valence-corrected chi connectivity index (χ0v) is 18.6. The lowest BCUT2D eigenvalue weighted by Gasteiger charge is -2.31. The zero-order valence-electron chi connectivity index (χ0n) is 18.6. The summed E-state index contributed by atoms with van der Waals surface area (Å²) in [6, 6.07) is 21.5. The van der Waals surface area contributed by atoms with Gasteiger partial charge in [0, 0.05) is 29.1 Å². The first-order valence-corrected chi connectivity index (χ1v) is 11.6. The minimum absolute atomic E-state index is 0.0741. The van der Waals surface area contributed by atoms with Crippen molar-refractivity contribution in [2.75, 3.05) is 18.8 Å². The Kier molecular flexibility index (Phi) is 6.17. The predicted octanol–water partition coefficient (Wildman–Crippen LogP) is 5.35. The van der Waals surface area contributed by atoms with E-state index in [9.17, 15) is 4.79 Å². The highest BCUT2D eigenvalue weighted by molar-refractivity contribution is 6.00. The van der Waals surface area contributed by atoms with Crippen molar-refractivity contribution in [2.24, 2.45) is 5.92 Å². The topological polar surface area (TPSA) is 85.3 Å². The van der Waals surface area contributed by atoms with E-state index in [4.69, 9.17) is 10.3 Å². The fourth-order valence-electron chi connectivity index (χ4n) is 4.59. The molecule has 0 bridgehead atoms. The molecule has 0 atom stereocenters. The van der Waals surface area contributed by atoms with Crippen molar-refractivity contribution in [3.8, 4) is 11.3 Å². The van der Waals surface area contributed by atoms with Gasteiger partial charge < -0.3 is 10.3 Å². The van der Waals surface area contributed by atoms with Crippen molar-refractivity contribution in [3.63, 3.8) is 0 Å². The summed E-state index contributed by atoms with van der Waals surface area (Å²) in [5.74, 6) is 1.52. The molecular weight excluding hydrogens is 412 g/mol. The third-order valence-electron chi connectivity index (χ3n) is 6.53. The normalized spacial score (nSPS) is 15.2. The van der Waals surface area contributed by atoms with E-state index in [1.54, 1.807) is 6.07 Å². The van der Waals surface area contributed by atoms with Gasteiger partial charge in [0.2, 0.25) is 0 Å². The summed E-state index contributed by atoms with van der Waals surface area (Å²) in [5.41, 5.74) is 9.94. The van der Waals surface area contributed by atoms with Crippen molar-refractivity contribution in [1.29, 1.82) is 0 Å². The van der Waals surface area contributed by atoms with E-state index in [2.05, 4.69) is 15.0 Å². The Hall–Kier alpha value is -3.51. The molecule has 4 aromatic rings. The lowest BCUT2D eigenvalue weighted by Crippen LogP contribution is -2.33. The average molecular weight is 441 g/mol. The molecule has 0 unspecified atom stereocenters. The van der Waals surface area contributed by atoms with Crippen LogP contribution in [0.3, 0.4) is 0 Å². The second-order valence-electron chi connectivity index (χ2n) is 8.84. The van der Waals surface area contributed by atoms with Crippen LogP contribution in [0.25, 0.3) is 22.2 Å². The molecule has 1 fully saturated rings. The molecule has 0 saturated carbocycles. The number of hydrogen-bond donors (Lipinski definition) is 1. The summed E-state index contributed by atoms with van der Waals surface area (Å²) in [6.45, 7) is 2.77. The number of nitrogens with two attached hydrogens (primary N) is 1. The van der Waals surface area contributed by atoms with Crippen LogP contribution in [0.2, 0.25) is 0 Å². The number of nitrogen functional groups attached to an aromatic ring is 1. The molecule has 33 heavy (non-hydrogen) atoms. The molecule has 5 rings (SSSR count). The molecule has 0 spiro atoms. The van der Waals surface area contributed by atoms with Crippen LogP contribution >= 0.6 is 0 Å². The number of hydrogen-bond acceptors (Lipinski definition) is 6. The van der Waals surface area contributed by atoms with Crippen LogP contribution in [0.1, 0.15) is 41.9 Å². The molecule has 6 nitrogen and oxygen atoms in total. The van der Waals surface area contributed by atoms with Crippen molar-refractivity contribution in [1.82, 2.24) is 15.0 Å². The number of aromatic nitrogens is 2. The number of Topliss-reactive ketones (excluding diaryl/α,β-unsaturated/α-hetero) is 1. The van der Waals surface area contributed by atoms with Gasteiger partial charge in [-0.2, -0.15) is 0 Å². The number of rotatable bonds is 7. The summed E-state index contributed by atoms with van der Waals surface area (Å²) in [5, 5.41) is 5.11. The minimum atomic E-state index is 0.0741. The van der Waals surface area contributed by atoms with Crippen molar-refractivity contribution < 1.29 is 9.32 Å². The molecule has 2 aromatic heterocycles. The number of carbonyl (C=O) groups is 1. The first-order valence-electron chi connectivity index (χ1n) is 11.6. The molecule has 6 heteroatoms. The van der Waals surface area contributed by atoms with E-state index < -0.39 is 0 Å². The van der Waals surface area contributed by atoms with E-state index in [0.29, 0.717) is 23.7 Å². The van der Waals surface area contributed by atoms with E-state index >= 15 is 0 Å². The molecule has 1 saturated heterocycles. The number of piperidine rings is 1. The Bertz CT molecular complexity index is 1240. The van der Waals surface area contributed by atoms with Crippen LogP contribution in [-0.4, -0.2) is 33.9 Å². The Morgan fingerprint density at radius 3 is 2.61 bits per heavy atom. The van der Waals surface area contributed by atoms with Crippen molar-refractivity contribution in [3.05, 3.63) is 78.2 Å². The van der Waals surface area contributed by atoms with Crippen molar-refractivity contribution in [2.45, 2.75) is 32.2 Å². The standard InChI is InChI=1S/C27H28N4O2/c28-23-17-26(29-24-9-5-4-8-22(23)24)27(32)11-10-19-12-14-31(15-13-19)18-21-16-25(30-33-21)20-6-2-1-3-7-20/h1-9,16-17,19H,10-15,18H2,(H2,28,29). The van der Waals surface area contributed by atoms with Gasteiger partial charge in [0.1, 0.15) is 11.4 Å². The predicted molar refractivity (Wildman–Crippen MR) is 130 cm³/mol. The van der Waals surface area contributed by atoms with Gasteiger partial charge in [-0.3, -0.25) is 9.69 Å². The third kappa shape index (κ3) is 4.96. The number of carbonyl (C=O) groups excluding carboxylic acids is 1. The highest BCUT2D eigenvalue weighted by Gasteiger charge is 2.22. The number of fused-ring (bicyclic) bond motifs is 1. The summed E-state index contributed by atoms with van der Waals surface area (Å²) >= 11 is 0. The summed E-state index contributed by atoms with van der Waals surface area (Å²) in [7, 11) is 0. The monoisotopic (exact) mass is 440 g/mol. The molecule has 168 valence electrons. The number of anilines is 1. The van der Waals surface area contributed by atoms with Gasteiger partial charge in [-0.1, -0.05) is 53.7 Å². The molecule has 3 heterocycles. The van der Waals surface area contributed by atoms with Crippen LogP contribution in [0, 0.1) is 5.92 Å². The average Bonchev–Trinajstić information content (AvgIpc) is 3.32. The first kappa shape index (κ1) is 21.3. The SMILES string of the molecule is Nc1cc(C(=O)CCC2CCN(Cc3cc(-c4ccccc4)no3)CC2)nc2ccccc12. The molecule has 1 aliphatic rings. The Labute approximate surface area is 193 Å². The number of para-hydroxylation sites is 1. The summed E-state index contributed by atoms with van der Waals surface area (Å²) in [4.78, 5) is 19.7. The molecular formula is C27H28N4O2. The van der Waals surface area contributed by atoms with E-state index in [0.717, 1.165) is 66.8 Å². The van der Waals surface area contributed by atoms with E-state index in [-0.39, 0.29) is 5.78 Å². The Morgan fingerprint density at radius 1 is 1.03 bits per heavy atom. The maximum Gasteiger partial charge on any atom is 0.181 e. The van der Waals surface area contributed by atoms with Gasteiger partial charge in [0.15, 0.2) is 11.5 Å².